The highest BCUT2D eigenvalue weighted by molar-refractivity contribution is 5.66. The molecule has 0 saturated heterocycles. The quantitative estimate of drug-likeness (QED) is 0.823. The van der Waals surface area contributed by atoms with Crippen LogP contribution in [0.4, 0.5) is 0 Å². The van der Waals surface area contributed by atoms with Gasteiger partial charge in [0.05, 0.1) is 0 Å². The van der Waals surface area contributed by atoms with Gasteiger partial charge in [0.2, 0.25) is 0 Å². The SMILES string of the molecule is CCc1ccc(-c2cccc(C(C)NC)c2)cc1CC. The van der Waals surface area contributed by atoms with Gasteiger partial charge in [-0.3, -0.25) is 0 Å². The molecule has 0 aromatic heterocycles. The molecular weight excluding hydrogens is 242 g/mol. The Morgan fingerprint density at radius 1 is 0.900 bits per heavy atom. The Bertz CT molecular complexity index is 572. The summed E-state index contributed by atoms with van der Waals surface area (Å²) in [6.45, 7) is 6.65. The zero-order chi connectivity index (χ0) is 14.5. The summed E-state index contributed by atoms with van der Waals surface area (Å²) in [5, 5.41) is 3.30. The topological polar surface area (TPSA) is 12.0 Å². The van der Waals surface area contributed by atoms with Gasteiger partial charge in [0.15, 0.2) is 0 Å². The highest BCUT2D eigenvalue weighted by atomic mass is 14.8. The van der Waals surface area contributed by atoms with Crippen LogP contribution in [0, 0.1) is 0 Å². The van der Waals surface area contributed by atoms with Crippen molar-refractivity contribution >= 4 is 0 Å². The molecule has 0 aliphatic heterocycles. The van der Waals surface area contributed by atoms with E-state index in [0.29, 0.717) is 6.04 Å². The summed E-state index contributed by atoms with van der Waals surface area (Å²) in [6, 6.07) is 16.1. The maximum Gasteiger partial charge on any atom is 0.0289 e. The molecule has 0 saturated carbocycles. The fourth-order valence-corrected chi connectivity index (χ4v) is 2.63. The van der Waals surface area contributed by atoms with Crippen molar-refractivity contribution in [2.24, 2.45) is 0 Å². The molecule has 1 atom stereocenters. The lowest BCUT2D eigenvalue weighted by Crippen LogP contribution is -2.12. The zero-order valence-corrected chi connectivity index (χ0v) is 13.0. The molecule has 0 aliphatic rings. The summed E-state index contributed by atoms with van der Waals surface area (Å²) in [5.74, 6) is 0. The van der Waals surface area contributed by atoms with Crippen LogP contribution in [0.1, 0.15) is 43.5 Å². The molecule has 2 rings (SSSR count). The fourth-order valence-electron chi connectivity index (χ4n) is 2.63. The molecule has 0 spiro atoms. The molecule has 0 amide bonds. The Hall–Kier alpha value is -1.60. The van der Waals surface area contributed by atoms with E-state index in [9.17, 15) is 0 Å². The number of aryl methyl sites for hydroxylation is 2. The minimum atomic E-state index is 0.385. The molecule has 0 bridgehead atoms. The van der Waals surface area contributed by atoms with E-state index in [1.165, 1.54) is 27.8 Å². The van der Waals surface area contributed by atoms with Gasteiger partial charge in [0, 0.05) is 6.04 Å². The molecule has 20 heavy (non-hydrogen) atoms. The molecule has 1 N–H and O–H groups in total. The van der Waals surface area contributed by atoms with Gasteiger partial charge >= 0.3 is 0 Å². The summed E-state index contributed by atoms with van der Waals surface area (Å²) in [7, 11) is 2.00. The molecular formula is C19H25N. The van der Waals surface area contributed by atoms with Crippen molar-refractivity contribution < 1.29 is 0 Å². The van der Waals surface area contributed by atoms with Gasteiger partial charge in [-0.25, -0.2) is 0 Å². The highest BCUT2D eigenvalue weighted by Crippen LogP contribution is 2.26. The first-order chi connectivity index (χ1) is 9.69. The van der Waals surface area contributed by atoms with Crippen molar-refractivity contribution in [2.45, 2.75) is 39.7 Å². The van der Waals surface area contributed by atoms with Gasteiger partial charge in [0.1, 0.15) is 0 Å². The second-order valence-corrected chi connectivity index (χ2v) is 5.33. The first-order valence-corrected chi connectivity index (χ1v) is 7.59. The molecule has 2 aromatic rings. The Balaban J connectivity index is 2.41. The zero-order valence-electron chi connectivity index (χ0n) is 13.0. The van der Waals surface area contributed by atoms with Crippen LogP contribution < -0.4 is 5.32 Å². The molecule has 1 unspecified atom stereocenters. The third kappa shape index (κ3) is 3.10. The maximum absolute atomic E-state index is 3.30. The first-order valence-electron chi connectivity index (χ1n) is 7.59. The second kappa shape index (κ2) is 6.71. The van der Waals surface area contributed by atoms with E-state index in [1.54, 1.807) is 0 Å². The van der Waals surface area contributed by atoms with E-state index in [2.05, 4.69) is 68.6 Å². The monoisotopic (exact) mass is 267 g/mol. The molecule has 0 fully saturated rings. The predicted octanol–water partition coefficient (Wildman–Crippen LogP) is 4.76. The van der Waals surface area contributed by atoms with Crippen LogP contribution in [0.3, 0.4) is 0 Å². The van der Waals surface area contributed by atoms with Crippen LogP contribution in [0.25, 0.3) is 11.1 Å². The summed E-state index contributed by atoms with van der Waals surface area (Å²) in [4.78, 5) is 0. The molecule has 0 aliphatic carbocycles. The van der Waals surface area contributed by atoms with Gasteiger partial charge in [-0.05, 0) is 60.7 Å². The third-order valence-corrected chi connectivity index (χ3v) is 4.12. The van der Waals surface area contributed by atoms with Gasteiger partial charge in [-0.2, -0.15) is 0 Å². The average molecular weight is 267 g/mol. The molecule has 1 heteroatoms. The van der Waals surface area contributed by atoms with E-state index < -0.39 is 0 Å². The van der Waals surface area contributed by atoms with Gasteiger partial charge < -0.3 is 5.32 Å². The summed E-state index contributed by atoms with van der Waals surface area (Å²) < 4.78 is 0. The van der Waals surface area contributed by atoms with Crippen molar-refractivity contribution in [3.8, 4) is 11.1 Å². The summed E-state index contributed by atoms with van der Waals surface area (Å²) in [5.41, 5.74) is 6.90. The largest absolute Gasteiger partial charge is 0.313 e. The summed E-state index contributed by atoms with van der Waals surface area (Å²) >= 11 is 0. The van der Waals surface area contributed by atoms with Crippen molar-refractivity contribution in [3.05, 3.63) is 59.2 Å². The molecule has 0 heterocycles. The third-order valence-electron chi connectivity index (χ3n) is 4.12. The standard InChI is InChI=1S/C19H25N/c1-5-15-10-11-19(12-16(15)6-2)18-9-7-8-17(13-18)14(3)20-4/h7-14,20H,5-6H2,1-4H3. The highest BCUT2D eigenvalue weighted by Gasteiger charge is 2.06. The van der Waals surface area contributed by atoms with Crippen molar-refractivity contribution in [1.82, 2.24) is 5.32 Å². The Kier molecular flexibility index (Phi) is 4.97. The molecule has 0 radical (unpaired) electrons. The smallest absolute Gasteiger partial charge is 0.0289 e. The normalized spacial score (nSPS) is 12.4. The second-order valence-electron chi connectivity index (χ2n) is 5.33. The predicted molar refractivity (Wildman–Crippen MR) is 88.1 cm³/mol. The van der Waals surface area contributed by atoms with E-state index in [0.717, 1.165) is 12.8 Å². The minimum Gasteiger partial charge on any atom is -0.313 e. The maximum atomic E-state index is 3.30. The van der Waals surface area contributed by atoms with Gasteiger partial charge in [-0.15, -0.1) is 0 Å². The van der Waals surface area contributed by atoms with Crippen LogP contribution >= 0.6 is 0 Å². The lowest BCUT2D eigenvalue weighted by Gasteiger charge is -2.13. The molecule has 106 valence electrons. The van der Waals surface area contributed by atoms with Crippen LogP contribution in [-0.4, -0.2) is 7.05 Å². The van der Waals surface area contributed by atoms with Gasteiger partial charge in [-0.1, -0.05) is 50.2 Å². The van der Waals surface area contributed by atoms with Crippen LogP contribution in [0.15, 0.2) is 42.5 Å². The van der Waals surface area contributed by atoms with Crippen LogP contribution in [0.5, 0.6) is 0 Å². The van der Waals surface area contributed by atoms with Crippen molar-refractivity contribution in [3.63, 3.8) is 0 Å². The Morgan fingerprint density at radius 3 is 2.25 bits per heavy atom. The number of rotatable bonds is 5. The van der Waals surface area contributed by atoms with E-state index in [-0.39, 0.29) is 0 Å². The van der Waals surface area contributed by atoms with E-state index in [4.69, 9.17) is 0 Å². The number of hydrogen-bond donors (Lipinski definition) is 1. The Morgan fingerprint density at radius 2 is 1.60 bits per heavy atom. The number of hydrogen-bond acceptors (Lipinski definition) is 1. The van der Waals surface area contributed by atoms with E-state index in [1.807, 2.05) is 7.05 Å². The van der Waals surface area contributed by atoms with Crippen LogP contribution in [0.2, 0.25) is 0 Å². The van der Waals surface area contributed by atoms with Crippen molar-refractivity contribution in [2.75, 3.05) is 7.05 Å². The molecule has 1 nitrogen and oxygen atoms in total. The fraction of sp³-hybridized carbons (Fsp3) is 0.368. The molecule has 2 aromatic carbocycles. The lowest BCUT2D eigenvalue weighted by molar-refractivity contribution is 0.652. The van der Waals surface area contributed by atoms with Crippen molar-refractivity contribution in [1.29, 1.82) is 0 Å². The Labute approximate surface area is 123 Å². The van der Waals surface area contributed by atoms with Gasteiger partial charge in [0.25, 0.3) is 0 Å². The lowest BCUT2D eigenvalue weighted by atomic mass is 9.95. The van der Waals surface area contributed by atoms with E-state index >= 15 is 0 Å². The van der Waals surface area contributed by atoms with Crippen LogP contribution in [-0.2, 0) is 12.8 Å². The first kappa shape index (κ1) is 14.8. The number of nitrogens with one attached hydrogen (secondary N) is 1. The summed E-state index contributed by atoms with van der Waals surface area (Å²) in [6.07, 6.45) is 2.21. The average Bonchev–Trinajstić information content (AvgIpc) is 2.53. The minimum absolute atomic E-state index is 0.385. The number of benzene rings is 2.